The summed E-state index contributed by atoms with van der Waals surface area (Å²) in [7, 11) is 0. The monoisotopic (exact) mass is 314 g/mol. The van der Waals surface area contributed by atoms with Crippen LogP contribution in [-0.2, 0) is 4.79 Å². The van der Waals surface area contributed by atoms with E-state index >= 15 is 0 Å². The van der Waals surface area contributed by atoms with Crippen LogP contribution in [0, 0.1) is 20.8 Å². The minimum absolute atomic E-state index is 0.189. The number of carbonyl (C=O) groups excluding carboxylic acids is 1. The van der Waals surface area contributed by atoms with Crippen LogP contribution in [-0.4, -0.2) is 16.2 Å². The highest BCUT2D eigenvalue weighted by atomic mass is 16.5. The van der Waals surface area contributed by atoms with Crippen molar-refractivity contribution in [3.63, 3.8) is 0 Å². The Labute approximate surface area is 133 Å². The minimum Gasteiger partial charge on any atom is -0.510 e. The highest BCUT2D eigenvalue weighted by molar-refractivity contribution is 6.04. The van der Waals surface area contributed by atoms with E-state index in [0.717, 1.165) is 11.1 Å². The predicted molar refractivity (Wildman–Crippen MR) is 85.6 cm³/mol. The van der Waals surface area contributed by atoms with Crippen LogP contribution in [0.1, 0.15) is 23.8 Å². The van der Waals surface area contributed by atoms with Crippen molar-refractivity contribution < 1.29 is 14.4 Å². The van der Waals surface area contributed by atoms with Crippen molar-refractivity contribution in [2.45, 2.75) is 27.7 Å². The van der Waals surface area contributed by atoms with Crippen molar-refractivity contribution in [2.75, 3.05) is 5.32 Å². The van der Waals surface area contributed by atoms with E-state index in [0.29, 0.717) is 11.4 Å². The van der Waals surface area contributed by atoms with Crippen LogP contribution in [0.15, 0.2) is 50.5 Å². The van der Waals surface area contributed by atoms with Crippen molar-refractivity contribution in [2.24, 2.45) is 10.2 Å². The van der Waals surface area contributed by atoms with Gasteiger partial charge in [0.05, 0.1) is 0 Å². The van der Waals surface area contributed by atoms with Crippen LogP contribution in [0.25, 0.3) is 0 Å². The van der Waals surface area contributed by atoms with Crippen LogP contribution in [0.5, 0.6) is 0 Å². The number of anilines is 1. The van der Waals surface area contributed by atoms with E-state index in [1.807, 2.05) is 26.0 Å². The first kappa shape index (κ1) is 16.4. The van der Waals surface area contributed by atoms with Gasteiger partial charge in [-0.15, -0.1) is 10.2 Å². The fourth-order valence-corrected chi connectivity index (χ4v) is 1.92. The van der Waals surface area contributed by atoms with Crippen LogP contribution >= 0.6 is 0 Å². The van der Waals surface area contributed by atoms with Crippen LogP contribution < -0.4 is 5.32 Å². The molecule has 2 aromatic rings. The molecule has 0 aliphatic heterocycles. The Morgan fingerprint density at radius 1 is 1.26 bits per heavy atom. The summed E-state index contributed by atoms with van der Waals surface area (Å²) in [5.74, 6) is 0.00245. The third-order valence-electron chi connectivity index (χ3n) is 3.06. The molecule has 0 unspecified atom stereocenters. The first-order valence-electron chi connectivity index (χ1n) is 7.00. The molecular weight excluding hydrogens is 296 g/mol. The van der Waals surface area contributed by atoms with Gasteiger partial charge in [0, 0.05) is 11.8 Å². The molecule has 120 valence electrons. The Balaban J connectivity index is 2.19. The van der Waals surface area contributed by atoms with Crippen molar-refractivity contribution >= 4 is 17.4 Å². The number of aliphatic hydroxyl groups is 1. The zero-order valence-electron chi connectivity index (χ0n) is 13.4. The standard InChI is InChI=1S/C16H18N4O3/c1-9-5-6-13(10(2)7-9)17-16(22)15(12(4)21)19-18-14-8-11(3)23-20-14/h5-8,21H,1-4H3,(H,17,22)/b15-12-,19-18?. The van der Waals surface area contributed by atoms with E-state index in [2.05, 4.69) is 20.7 Å². The van der Waals surface area contributed by atoms with Crippen molar-refractivity contribution in [1.29, 1.82) is 0 Å². The van der Waals surface area contributed by atoms with Gasteiger partial charge in [-0.3, -0.25) is 4.79 Å². The van der Waals surface area contributed by atoms with E-state index < -0.39 is 5.91 Å². The maximum Gasteiger partial charge on any atom is 0.279 e. The zero-order valence-corrected chi connectivity index (χ0v) is 13.4. The lowest BCUT2D eigenvalue weighted by atomic mass is 10.1. The molecule has 1 aromatic heterocycles. The van der Waals surface area contributed by atoms with Gasteiger partial charge in [0.2, 0.25) is 5.82 Å². The Hall–Kier alpha value is -2.96. The Kier molecular flexibility index (Phi) is 4.90. The number of nitrogens with zero attached hydrogens (tertiary/aromatic N) is 3. The molecule has 1 amide bonds. The molecule has 2 rings (SSSR count). The predicted octanol–water partition coefficient (Wildman–Crippen LogP) is 4.11. The lowest BCUT2D eigenvalue weighted by molar-refractivity contribution is -0.113. The van der Waals surface area contributed by atoms with E-state index in [4.69, 9.17) is 4.52 Å². The number of carbonyl (C=O) groups is 1. The van der Waals surface area contributed by atoms with Gasteiger partial charge in [-0.05, 0) is 39.3 Å². The molecule has 0 spiro atoms. The molecule has 0 aliphatic carbocycles. The number of aryl methyl sites for hydroxylation is 3. The molecule has 2 N–H and O–H groups in total. The van der Waals surface area contributed by atoms with Gasteiger partial charge in [-0.2, -0.15) is 0 Å². The molecule has 0 fully saturated rings. The first-order valence-corrected chi connectivity index (χ1v) is 7.00. The maximum atomic E-state index is 12.3. The third kappa shape index (κ3) is 4.26. The summed E-state index contributed by atoms with van der Waals surface area (Å²) in [5, 5.41) is 23.6. The smallest absolute Gasteiger partial charge is 0.279 e. The Morgan fingerprint density at radius 3 is 2.57 bits per heavy atom. The summed E-state index contributed by atoms with van der Waals surface area (Å²) in [4.78, 5) is 12.3. The number of allylic oxidation sites excluding steroid dienone is 1. The number of aliphatic hydroxyl groups excluding tert-OH is 1. The number of azo groups is 1. The lowest BCUT2D eigenvalue weighted by Gasteiger charge is -2.09. The molecule has 7 heteroatoms. The topological polar surface area (TPSA) is 100 Å². The van der Waals surface area contributed by atoms with Gasteiger partial charge in [0.15, 0.2) is 5.70 Å². The van der Waals surface area contributed by atoms with Gasteiger partial charge in [-0.1, -0.05) is 22.9 Å². The van der Waals surface area contributed by atoms with Gasteiger partial charge in [0.1, 0.15) is 11.5 Å². The van der Waals surface area contributed by atoms with E-state index in [1.165, 1.54) is 6.92 Å². The molecule has 0 atom stereocenters. The molecule has 0 saturated carbocycles. The molecule has 0 aliphatic rings. The molecule has 0 radical (unpaired) electrons. The average Bonchev–Trinajstić information content (AvgIpc) is 2.87. The van der Waals surface area contributed by atoms with Crippen molar-refractivity contribution in [3.05, 3.63) is 52.6 Å². The van der Waals surface area contributed by atoms with Gasteiger partial charge in [-0.25, -0.2) is 0 Å². The van der Waals surface area contributed by atoms with Crippen LogP contribution in [0.4, 0.5) is 11.5 Å². The molecule has 7 nitrogen and oxygen atoms in total. The normalized spacial score (nSPS) is 12.3. The average molecular weight is 314 g/mol. The lowest BCUT2D eigenvalue weighted by Crippen LogP contribution is -2.15. The summed E-state index contributed by atoms with van der Waals surface area (Å²) in [6, 6.07) is 7.20. The summed E-state index contributed by atoms with van der Waals surface area (Å²) < 4.78 is 4.86. The van der Waals surface area contributed by atoms with Crippen LogP contribution in [0.3, 0.4) is 0 Å². The number of rotatable bonds is 4. The van der Waals surface area contributed by atoms with E-state index in [-0.39, 0.29) is 17.3 Å². The molecule has 0 bridgehead atoms. The number of hydrogen-bond donors (Lipinski definition) is 2. The van der Waals surface area contributed by atoms with Crippen molar-refractivity contribution in [3.8, 4) is 0 Å². The summed E-state index contributed by atoms with van der Waals surface area (Å²) in [6.07, 6.45) is 0. The zero-order chi connectivity index (χ0) is 17.0. The molecule has 1 heterocycles. The first-order chi connectivity index (χ1) is 10.9. The Morgan fingerprint density at radius 2 is 2.00 bits per heavy atom. The van der Waals surface area contributed by atoms with E-state index in [9.17, 15) is 9.90 Å². The highest BCUT2D eigenvalue weighted by Gasteiger charge is 2.14. The number of aromatic nitrogens is 1. The Bertz CT molecular complexity index is 786. The third-order valence-corrected chi connectivity index (χ3v) is 3.06. The number of hydrogen-bond acceptors (Lipinski definition) is 6. The molecular formula is C16H18N4O3. The second-order valence-electron chi connectivity index (χ2n) is 5.20. The summed E-state index contributed by atoms with van der Waals surface area (Å²) in [5.41, 5.74) is 2.46. The fraction of sp³-hybridized carbons (Fsp3) is 0.250. The maximum absolute atomic E-state index is 12.3. The minimum atomic E-state index is -0.555. The number of benzene rings is 1. The second kappa shape index (κ2) is 6.87. The fourth-order valence-electron chi connectivity index (χ4n) is 1.92. The van der Waals surface area contributed by atoms with Gasteiger partial charge < -0.3 is 14.9 Å². The van der Waals surface area contributed by atoms with Gasteiger partial charge >= 0.3 is 0 Å². The summed E-state index contributed by atoms with van der Waals surface area (Å²) in [6.45, 7) is 6.93. The molecule has 23 heavy (non-hydrogen) atoms. The highest BCUT2D eigenvalue weighted by Crippen LogP contribution is 2.19. The quantitative estimate of drug-likeness (QED) is 0.504. The second-order valence-corrected chi connectivity index (χ2v) is 5.20. The van der Waals surface area contributed by atoms with E-state index in [1.54, 1.807) is 19.1 Å². The number of amides is 1. The number of nitrogens with one attached hydrogen (secondary N) is 1. The molecule has 0 saturated heterocycles. The largest absolute Gasteiger partial charge is 0.510 e. The molecule has 1 aromatic carbocycles. The van der Waals surface area contributed by atoms with Crippen molar-refractivity contribution in [1.82, 2.24) is 5.16 Å². The van der Waals surface area contributed by atoms with Crippen LogP contribution in [0.2, 0.25) is 0 Å². The van der Waals surface area contributed by atoms with Gasteiger partial charge in [0.25, 0.3) is 5.91 Å². The summed E-state index contributed by atoms with van der Waals surface area (Å²) >= 11 is 0. The SMILES string of the molecule is C/C(O)=C(/N=Nc1cc(C)on1)C(=O)Nc1ccc(C)cc1C.